The van der Waals surface area contributed by atoms with E-state index in [9.17, 15) is 9.59 Å². The lowest BCUT2D eigenvalue weighted by Crippen LogP contribution is -2.21. The second-order valence-electron chi connectivity index (χ2n) is 3.64. The number of amides is 1. The van der Waals surface area contributed by atoms with Crippen LogP contribution in [0.3, 0.4) is 0 Å². The molecule has 2 aromatic heterocycles. The van der Waals surface area contributed by atoms with E-state index >= 15 is 0 Å². The predicted molar refractivity (Wildman–Crippen MR) is 63.1 cm³/mol. The van der Waals surface area contributed by atoms with Crippen LogP contribution in [-0.4, -0.2) is 31.1 Å². The van der Waals surface area contributed by atoms with E-state index < -0.39 is 5.91 Å². The molecule has 0 unspecified atom stereocenters. The van der Waals surface area contributed by atoms with Gasteiger partial charge in [-0.2, -0.15) is 5.21 Å². The molecule has 1 amide bonds. The first-order valence-electron chi connectivity index (χ1n) is 5.46. The molecule has 0 aromatic carbocycles. The number of H-pyrrole nitrogens is 1. The van der Waals surface area contributed by atoms with Gasteiger partial charge in [-0.15, -0.1) is 10.2 Å². The van der Waals surface area contributed by atoms with E-state index in [1.54, 1.807) is 6.20 Å². The molecule has 2 N–H and O–H groups in total. The molecule has 0 bridgehead atoms. The number of carbonyl (C=O) groups excluding carboxylic acids is 1. The Kier molecular flexibility index (Phi) is 3.46. The third kappa shape index (κ3) is 2.59. The Labute approximate surface area is 102 Å². The van der Waals surface area contributed by atoms with Gasteiger partial charge in [-0.25, -0.2) is 0 Å². The molecule has 0 atom stereocenters. The Balaban J connectivity index is 2.17. The molecule has 8 nitrogen and oxygen atoms in total. The highest BCUT2D eigenvalue weighted by Crippen LogP contribution is 2.05. The molecule has 0 radical (unpaired) electrons. The first-order valence-corrected chi connectivity index (χ1v) is 5.46. The molecule has 0 spiro atoms. The van der Waals surface area contributed by atoms with Crippen molar-refractivity contribution in [3.63, 3.8) is 0 Å². The van der Waals surface area contributed by atoms with Crippen molar-refractivity contribution in [1.82, 2.24) is 25.2 Å². The molecular formula is C10H12N6O2. The number of nitrogens with one attached hydrogen (secondary N) is 2. The Morgan fingerprint density at radius 1 is 1.50 bits per heavy atom. The maximum Gasteiger partial charge on any atom is 0.297 e. The molecule has 0 fully saturated rings. The molecular weight excluding hydrogens is 236 g/mol. The van der Waals surface area contributed by atoms with Gasteiger partial charge in [-0.1, -0.05) is 6.92 Å². The number of anilines is 1. The summed E-state index contributed by atoms with van der Waals surface area (Å²) in [6, 6.07) is 2.94. The van der Waals surface area contributed by atoms with Crippen LogP contribution in [0.4, 0.5) is 5.69 Å². The van der Waals surface area contributed by atoms with Gasteiger partial charge in [0.05, 0.1) is 5.69 Å². The quantitative estimate of drug-likeness (QED) is 0.793. The Morgan fingerprint density at radius 3 is 3.00 bits per heavy atom. The van der Waals surface area contributed by atoms with Crippen molar-refractivity contribution in [2.75, 3.05) is 5.32 Å². The highest BCUT2D eigenvalue weighted by molar-refractivity contribution is 6.01. The fourth-order valence-corrected chi connectivity index (χ4v) is 1.47. The lowest BCUT2D eigenvalue weighted by Gasteiger charge is -2.07. The molecule has 0 aliphatic heterocycles. The molecule has 0 saturated carbocycles. The van der Waals surface area contributed by atoms with Crippen molar-refractivity contribution >= 4 is 11.6 Å². The maximum absolute atomic E-state index is 11.6. The van der Waals surface area contributed by atoms with Gasteiger partial charge in [0.1, 0.15) is 0 Å². The number of pyridine rings is 1. The zero-order valence-electron chi connectivity index (χ0n) is 9.75. The fourth-order valence-electron chi connectivity index (χ4n) is 1.47. The van der Waals surface area contributed by atoms with E-state index in [-0.39, 0.29) is 11.4 Å². The summed E-state index contributed by atoms with van der Waals surface area (Å²) in [4.78, 5) is 23.1. The Hall–Kier alpha value is -2.51. The smallest absolute Gasteiger partial charge is 0.297 e. The van der Waals surface area contributed by atoms with Crippen LogP contribution in [0.5, 0.6) is 0 Å². The lowest BCUT2D eigenvalue weighted by atomic mass is 10.3. The van der Waals surface area contributed by atoms with Crippen LogP contribution in [0.25, 0.3) is 0 Å². The topological polar surface area (TPSA) is 106 Å². The van der Waals surface area contributed by atoms with Crippen molar-refractivity contribution in [2.45, 2.75) is 19.9 Å². The average Bonchev–Trinajstić information content (AvgIpc) is 2.87. The largest absolute Gasteiger partial charge is 0.318 e. The average molecular weight is 248 g/mol. The number of hydrogen-bond acceptors (Lipinski definition) is 5. The van der Waals surface area contributed by atoms with Gasteiger partial charge in [0.25, 0.3) is 17.3 Å². The number of hydrogen-bond donors (Lipinski definition) is 2. The second kappa shape index (κ2) is 5.21. The maximum atomic E-state index is 11.6. The standard InChI is InChI=1S/C10H12N6O2/c1-2-5-16-6-7(3-4-8(16)17)11-10(18)9-12-14-15-13-9/h3-4,6H,2,5H2,1H3,(H,11,18)(H,12,13,14,15). The molecule has 2 heterocycles. The molecule has 2 rings (SSSR count). The van der Waals surface area contributed by atoms with Gasteiger partial charge in [0.2, 0.25) is 0 Å². The number of carbonyl (C=O) groups is 1. The van der Waals surface area contributed by atoms with Crippen LogP contribution >= 0.6 is 0 Å². The van der Waals surface area contributed by atoms with Gasteiger partial charge in [-0.3, -0.25) is 9.59 Å². The summed E-state index contributed by atoms with van der Waals surface area (Å²) in [6.45, 7) is 2.57. The van der Waals surface area contributed by atoms with Crippen molar-refractivity contribution in [2.24, 2.45) is 0 Å². The normalized spacial score (nSPS) is 10.3. The molecule has 0 saturated heterocycles. The minimum Gasteiger partial charge on any atom is -0.318 e. The van der Waals surface area contributed by atoms with E-state index in [1.807, 2.05) is 6.92 Å². The Bertz CT molecular complexity index is 589. The SMILES string of the molecule is CCCn1cc(NC(=O)c2nn[nH]n2)ccc1=O. The monoisotopic (exact) mass is 248 g/mol. The van der Waals surface area contributed by atoms with E-state index in [0.717, 1.165) is 6.42 Å². The van der Waals surface area contributed by atoms with Crippen LogP contribution in [0.1, 0.15) is 24.0 Å². The fraction of sp³-hybridized carbons (Fsp3) is 0.300. The number of tetrazole rings is 1. The predicted octanol–water partition coefficient (Wildman–Crippen LogP) is 0.0237. The van der Waals surface area contributed by atoms with Gasteiger partial charge >= 0.3 is 0 Å². The number of aromatic amines is 1. The first kappa shape index (κ1) is 12.0. The second-order valence-corrected chi connectivity index (χ2v) is 3.64. The van der Waals surface area contributed by atoms with Gasteiger partial charge < -0.3 is 9.88 Å². The number of nitrogens with zero attached hydrogens (tertiary/aromatic N) is 4. The molecule has 18 heavy (non-hydrogen) atoms. The van der Waals surface area contributed by atoms with Crippen molar-refractivity contribution in [3.8, 4) is 0 Å². The van der Waals surface area contributed by atoms with Crippen LogP contribution in [0.15, 0.2) is 23.1 Å². The third-order valence-electron chi connectivity index (χ3n) is 2.25. The zero-order valence-corrected chi connectivity index (χ0v) is 9.75. The zero-order chi connectivity index (χ0) is 13.0. The first-order chi connectivity index (χ1) is 8.70. The number of aromatic nitrogens is 5. The summed E-state index contributed by atoms with van der Waals surface area (Å²) >= 11 is 0. The van der Waals surface area contributed by atoms with E-state index in [1.165, 1.54) is 16.7 Å². The molecule has 0 aliphatic carbocycles. The summed E-state index contributed by atoms with van der Waals surface area (Å²) in [7, 11) is 0. The van der Waals surface area contributed by atoms with Gasteiger partial charge in [0, 0.05) is 18.8 Å². The van der Waals surface area contributed by atoms with Gasteiger partial charge in [0.15, 0.2) is 0 Å². The van der Waals surface area contributed by atoms with Crippen molar-refractivity contribution < 1.29 is 4.79 Å². The van der Waals surface area contributed by atoms with E-state index in [2.05, 4.69) is 25.9 Å². The highest BCUT2D eigenvalue weighted by Gasteiger charge is 2.11. The molecule has 2 aromatic rings. The lowest BCUT2D eigenvalue weighted by molar-refractivity contribution is 0.101. The summed E-state index contributed by atoms with van der Waals surface area (Å²) < 4.78 is 1.53. The summed E-state index contributed by atoms with van der Waals surface area (Å²) in [5.74, 6) is -0.534. The summed E-state index contributed by atoms with van der Waals surface area (Å²) in [5.41, 5.74) is 0.410. The van der Waals surface area contributed by atoms with Crippen LogP contribution in [0, 0.1) is 0 Å². The summed E-state index contributed by atoms with van der Waals surface area (Å²) in [5, 5.41) is 15.2. The van der Waals surface area contributed by atoms with E-state index in [4.69, 9.17) is 0 Å². The third-order valence-corrected chi connectivity index (χ3v) is 2.25. The highest BCUT2D eigenvalue weighted by atomic mass is 16.2. The number of rotatable bonds is 4. The minimum atomic E-state index is -0.481. The van der Waals surface area contributed by atoms with Crippen molar-refractivity contribution in [3.05, 3.63) is 34.5 Å². The Morgan fingerprint density at radius 2 is 2.33 bits per heavy atom. The van der Waals surface area contributed by atoms with E-state index in [0.29, 0.717) is 12.2 Å². The molecule has 94 valence electrons. The van der Waals surface area contributed by atoms with Crippen LogP contribution in [-0.2, 0) is 6.54 Å². The molecule has 8 heteroatoms. The molecule has 0 aliphatic rings. The van der Waals surface area contributed by atoms with Crippen LogP contribution in [0.2, 0.25) is 0 Å². The van der Waals surface area contributed by atoms with Crippen molar-refractivity contribution in [1.29, 1.82) is 0 Å². The summed E-state index contributed by atoms with van der Waals surface area (Å²) in [6.07, 6.45) is 2.42. The van der Waals surface area contributed by atoms with Crippen LogP contribution < -0.4 is 10.9 Å². The minimum absolute atomic E-state index is 0.0526. The number of aryl methyl sites for hydroxylation is 1. The van der Waals surface area contributed by atoms with Gasteiger partial charge in [-0.05, 0) is 17.7 Å².